The molecule has 0 bridgehead atoms. The molecule has 1 unspecified atom stereocenters. The Bertz CT molecular complexity index is 1480. The van der Waals surface area contributed by atoms with Crippen LogP contribution in [0.5, 0.6) is 0 Å². The molecule has 41 heavy (non-hydrogen) atoms. The standard InChI is InChI=1S/C24H25ClF2N4O2S.C2HF3O2/c1-16(17-7-4-3-5-8-17)31-12-11-18(15-31)30(2)21-14-20(26)22(13-19(21)25)34(32,33)29-24-10-6-9-23(27)28-24;3-2(4,5)1(6)7/h3-10,13-14,16,18H,11-12,15H2,1-2H3,(H,28,29);(H,6,7)/t16-,18?;/m1./s1. The number of benzene rings is 2. The first-order chi connectivity index (χ1) is 19.1. The first kappa shape index (κ1) is 32.0. The number of likely N-dealkylation sites (tertiary alicyclic amines) is 1. The summed E-state index contributed by atoms with van der Waals surface area (Å²) < 4.78 is 87.5. The second-order valence-electron chi connectivity index (χ2n) is 9.12. The van der Waals surface area contributed by atoms with Crippen molar-refractivity contribution < 1.29 is 40.3 Å². The van der Waals surface area contributed by atoms with Gasteiger partial charge in [0.1, 0.15) is 16.5 Å². The molecule has 2 heterocycles. The summed E-state index contributed by atoms with van der Waals surface area (Å²) in [6.45, 7) is 3.80. The second-order valence-corrected chi connectivity index (χ2v) is 11.2. The largest absolute Gasteiger partial charge is 0.490 e. The van der Waals surface area contributed by atoms with Crippen molar-refractivity contribution in [3.63, 3.8) is 0 Å². The smallest absolute Gasteiger partial charge is 0.475 e. The topological polar surface area (TPSA) is 103 Å². The van der Waals surface area contributed by atoms with E-state index < -0.39 is 38.8 Å². The lowest BCUT2D eigenvalue weighted by molar-refractivity contribution is -0.192. The van der Waals surface area contributed by atoms with Crippen molar-refractivity contribution in [3.8, 4) is 0 Å². The Kier molecular flexibility index (Phi) is 10.2. The van der Waals surface area contributed by atoms with Gasteiger partial charge in [0.05, 0.1) is 10.7 Å². The van der Waals surface area contributed by atoms with E-state index in [2.05, 4.69) is 33.7 Å². The maximum Gasteiger partial charge on any atom is 0.490 e. The molecule has 0 amide bonds. The highest BCUT2D eigenvalue weighted by molar-refractivity contribution is 7.92. The molecule has 0 saturated carbocycles. The molecule has 3 aromatic rings. The maximum absolute atomic E-state index is 15.0. The summed E-state index contributed by atoms with van der Waals surface area (Å²) in [6.07, 6.45) is -4.22. The van der Waals surface area contributed by atoms with E-state index in [9.17, 15) is 30.4 Å². The number of rotatable bonds is 7. The van der Waals surface area contributed by atoms with E-state index in [-0.39, 0.29) is 22.9 Å². The number of hydrogen-bond acceptors (Lipinski definition) is 6. The summed E-state index contributed by atoms with van der Waals surface area (Å²) in [5.41, 5.74) is 1.63. The minimum atomic E-state index is -5.08. The van der Waals surface area contributed by atoms with Crippen LogP contribution in [0.25, 0.3) is 0 Å². The fourth-order valence-corrected chi connectivity index (χ4v) is 5.68. The van der Waals surface area contributed by atoms with Crippen molar-refractivity contribution in [3.05, 3.63) is 83.0 Å². The number of anilines is 2. The normalized spacial score (nSPS) is 16.4. The van der Waals surface area contributed by atoms with Crippen molar-refractivity contribution >= 4 is 39.1 Å². The molecular weight excluding hydrogens is 595 g/mol. The van der Waals surface area contributed by atoms with E-state index in [0.29, 0.717) is 5.69 Å². The van der Waals surface area contributed by atoms with Crippen LogP contribution in [-0.2, 0) is 14.8 Å². The van der Waals surface area contributed by atoms with Crippen molar-refractivity contribution in [2.45, 2.75) is 36.5 Å². The lowest BCUT2D eigenvalue weighted by Gasteiger charge is -2.30. The monoisotopic (exact) mass is 620 g/mol. The molecule has 1 fully saturated rings. The third-order valence-electron chi connectivity index (χ3n) is 6.44. The van der Waals surface area contributed by atoms with Gasteiger partial charge in [0, 0.05) is 38.3 Å². The molecule has 4 rings (SSSR count). The van der Waals surface area contributed by atoms with Crippen molar-refractivity contribution in [1.29, 1.82) is 0 Å². The molecule has 2 atom stereocenters. The number of sulfonamides is 1. The Morgan fingerprint density at radius 3 is 2.37 bits per heavy atom. The molecule has 2 aromatic carbocycles. The fourth-order valence-electron chi connectivity index (χ4n) is 4.23. The van der Waals surface area contributed by atoms with Gasteiger partial charge in [0.15, 0.2) is 0 Å². The van der Waals surface area contributed by atoms with Crippen molar-refractivity contribution in [2.75, 3.05) is 29.8 Å². The van der Waals surface area contributed by atoms with Gasteiger partial charge in [-0.2, -0.15) is 17.6 Å². The maximum atomic E-state index is 15.0. The number of likely N-dealkylation sites (N-methyl/N-ethyl adjacent to an activating group) is 1. The second kappa shape index (κ2) is 13.0. The van der Waals surface area contributed by atoms with Crippen LogP contribution in [-0.4, -0.2) is 61.7 Å². The highest BCUT2D eigenvalue weighted by Crippen LogP contribution is 2.35. The van der Waals surface area contributed by atoms with E-state index in [4.69, 9.17) is 21.5 Å². The molecule has 222 valence electrons. The van der Waals surface area contributed by atoms with Crippen LogP contribution in [0.3, 0.4) is 0 Å². The van der Waals surface area contributed by atoms with E-state index in [1.165, 1.54) is 17.7 Å². The average molecular weight is 621 g/mol. The molecule has 8 nitrogen and oxygen atoms in total. The number of pyridine rings is 1. The third kappa shape index (κ3) is 8.27. The zero-order valence-corrected chi connectivity index (χ0v) is 23.3. The van der Waals surface area contributed by atoms with Gasteiger partial charge in [0.2, 0.25) is 5.95 Å². The summed E-state index contributed by atoms with van der Waals surface area (Å²) in [5.74, 6) is -4.83. The van der Waals surface area contributed by atoms with Crippen LogP contribution in [0, 0.1) is 11.8 Å². The van der Waals surface area contributed by atoms with E-state index >= 15 is 0 Å². The van der Waals surface area contributed by atoms with Crippen molar-refractivity contribution in [2.24, 2.45) is 0 Å². The number of halogens is 6. The van der Waals surface area contributed by atoms with E-state index in [0.717, 1.165) is 37.7 Å². The van der Waals surface area contributed by atoms with Crippen molar-refractivity contribution in [1.82, 2.24) is 9.88 Å². The van der Waals surface area contributed by atoms with Gasteiger partial charge in [-0.05, 0) is 37.1 Å². The summed E-state index contributed by atoms with van der Waals surface area (Å²) in [4.78, 5) is 16.0. The summed E-state index contributed by atoms with van der Waals surface area (Å²) >= 11 is 6.41. The Labute approximate surface area is 238 Å². The zero-order chi connectivity index (χ0) is 30.5. The highest BCUT2D eigenvalue weighted by atomic mass is 35.5. The van der Waals surface area contributed by atoms with Crippen LogP contribution in [0.4, 0.5) is 33.5 Å². The molecule has 1 aromatic heterocycles. The van der Waals surface area contributed by atoms with Crippen LogP contribution in [0.2, 0.25) is 5.02 Å². The van der Waals surface area contributed by atoms with Gasteiger partial charge < -0.3 is 10.0 Å². The summed E-state index contributed by atoms with van der Waals surface area (Å²) in [6, 6.07) is 16.4. The number of alkyl halides is 3. The van der Waals surface area contributed by atoms with Gasteiger partial charge in [-0.1, -0.05) is 48.0 Å². The molecule has 0 radical (unpaired) electrons. The van der Waals surface area contributed by atoms with Crippen LogP contribution in [0.15, 0.2) is 65.6 Å². The Morgan fingerprint density at radius 1 is 1.15 bits per heavy atom. The number of carboxylic acid groups (broad SMARTS) is 1. The molecule has 1 aliphatic rings. The highest BCUT2D eigenvalue weighted by Gasteiger charge is 2.38. The first-order valence-electron chi connectivity index (χ1n) is 12.1. The number of nitrogens with one attached hydrogen (secondary N) is 1. The Hall–Kier alpha value is -3.49. The van der Waals surface area contributed by atoms with E-state index in [1.807, 2.05) is 30.1 Å². The molecule has 1 aliphatic heterocycles. The fraction of sp³-hybridized carbons (Fsp3) is 0.308. The average Bonchev–Trinajstić information content (AvgIpc) is 3.39. The predicted octanol–water partition coefficient (Wildman–Crippen LogP) is 5.72. The van der Waals surface area contributed by atoms with Crippen LogP contribution < -0.4 is 9.62 Å². The minimum absolute atomic E-state index is 0.0835. The lowest BCUT2D eigenvalue weighted by atomic mass is 10.1. The third-order valence-corrected chi connectivity index (χ3v) is 8.11. The summed E-state index contributed by atoms with van der Waals surface area (Å²) in [5, 5.41) is 7.23. The van der Waals surface area contributed by atoms with Gasteiger partial charge in [-0.3, -0.25) is 9.62 Å². The molecule has 0 aliphatic carbocycles. The molecule has 15 heteroatoms. The minimum Gasteiger partial charge on any atom is -0.475 e. The number of aliphatic carboxylic acids is 1. The molecular formula is C26H26ClF5N4O4S. The van der Waals surface area contributed by atoms with Gasteiger partial charge >= 0.3 is 12.1 Å². The van der Waals surface area contributed by atoms with Gasteiger partial charge in [-0.15, -0.1) is 0 Å². The van der Waals surface area contributed by atoms with E-state index in [1.54, 1.807) is 0 Å². The lowest BCUT2D eigenvalue weighted by Crippen LogP contribution is -2.35. The number of carbonyl (C=O) groups is 1. The SMILES string of the molecule is C[C@H](c1ccccc1)N1CCC(N(C)c2cc(F)c(S(=O)(=O)Nc3cccc(F)n3)cc2Cl)C1.O=C(O)C(F)(F)F. The number of carboxylic acids is 1. The number of aromatic nitrogens is 1. The Balaban J connectivity index is 0.000000587. The van der Waals surface area contributed by atoms with Gasteiger partial charge in [-0.25, -0.2) is 22.6 Å². The molecule has 2 N–H and O–H groups in total. The number of nitrogens with zero attached hydrogens (tertiary/aromatic N) is 3. The predicted molar refractivity (Wildman–Crippen MR) is 143 cm³/mol. The molecule has 1 saturated heterocycles. The first-order valence-corrected chi connectivity index (χ1v) is 13.9. The Morgan fingerprint density at radius 2 is 1.78 bits per heavy atom. The zero-order valence-electron chi connectivity index (χ0n) is 21.7. The van der Waals surface area contributed by atoms with Crippen LogP contribution in [0.1, 0.15) is 24.9 Å². The molecule has 0 spiro atoms. The van der Waals surface area contributed by atoms with Gasteiger partial charge in [0.25, 0.3) is 10.0 Å². The summed E-state index contributed by atoms with van der Waals surface area (Å²) in [7, 11) is -2.54. The number of hydrogen-bond donors (Lipinski definition) is 2. The van der Waals surface area contributed by atoms with Crippen LogP contribution >= 0.6 is 11.6 Å². The quantitative estimate of drug-likeness (QED) is 0.257.